The Bertz CT molecular complexity index is 500. The van der Waals surface area contributed by atoms with E-state index in [9.17, 15) is 0 Å². The van der Waals surface area contributed by atoms with Crippen molar-refractivity contribution in [1.82, 2.24) is 0 Å². The van der Waals surface area contributed by atoms with Crippen molar-refractivity contribution in [2.45, 2.75) is 20.3 Å². The molecule has 1 heteroatoms. The average molecular weight is 226 g/mol. The maximum absolute atomic E-state index is 5.33. The van der Waals surface area contributed by atoms with E-state index < -0.39 is 0 Å². The lowest BCUT2D eigenvalue weighted by Crippen LogP contribution is -1.95. The highest BCUT2D eigenvalue weighted by Crippen LogP contribution is 2.24. The van der Waals surface area contributed by atoms with Crippen LogP contribution in [0.3, 0.4) is 0 Å². The Morgan fingerprint density at radius 2 is 1.65 bits per heavy atom. The molecule has 0 aromatic heterocycles. The summed E-state index contributed by atoms with van der Waals surface area (Å²) in [7, 11) is 1.72. The highest BCUT2D eigenvalue weighted by atomic mass is 16.5. The third-order valence-electron chi connectivity index (χ3n) is 3.09. The van der Waals surface area contributed by atoms with Crippen LogP contribution in [0.1, 0.15) is 22.3 Å². The molecule has 0 bridgehead atoms. The minimum Gasteiger partial charge on any atom is -0.496 e. The SMILES string of the molecule is COc1cc(C)c(Cc2ccccc2)cc1C. The fraction of sp³-hybridized carbons (Fsp3) is 0.250. The molecule has 0 atom stereocenters. The van der Waals surface area contributed by atoms with Crippen LogP contribution < -0.4 is 4.74 Å². The van der Waals surface area contributed by atoms with Crippen LogP contribution in [-0.2, 0) is 6.42 Å². The van der Waals surface area contributed by atoms with Crippen molar-refractivity contribution in [3.63, 3.8) is 0 Å². The Labute approximate surface area is 103 Å². The largest absolute Gasteiger partial charge is 0.496 e. The minimum atomic E-state index is 0.972. The van der Waals surface area contributed by atoms with Crippen LogP contribution in [0.4, 0.5) is 0 Å². The lowest BCUT2D eigenvalue weighted by molar-refractivity contribution is 0.411. The van der Waals surface area contributed by atoms with Gasteiger partial charge >= 0.3 is 0 Å². The lowest BCUT2D eigenvalue weighted by Gasteiger charge is -2.11. The molecular weight excluding hydrogens is 208 g/mol. The first kappa shape index (κ1) is 11.7. The number of ether oxygens (including phenoxy) is 1. The summed E-state index contributed by atoms with van der Waals surface area (Å²) < 4.78 is 5.33. The summed E-state index contributed by atoms with van der Waals surface area (Å²) in [5.74, 6) is 0.972. The predicted octanol–water partition coefficient (Wildman–Crippen LogP) is 3.90. The summed E-state index contributed by atoms with van der Waals surface area (Å²) in [6.07, 6.45) is 0.984. The second-order valence-corrected chi connectivity index (χ2v) is 4.41. The van der Waals surface area contributed by atoms with Gasteiger partial charge in [-0.2, -0.15) is 0 Å². The zero-order chi connectivity index (χ0) is 12.3. The fourth-order valence-corrected chi connectivity index (χ4v) is 2.08. The Kier molecular flexibility index (Phi) is 3.48. The molecule has 0 spiro atoms. The number of hydrogen-bond acceptors (Lipinski definition) is 1. The molecule has 0 amide bonds. The molecule has 2 aromatic rings. The Hall–Kier alpha value is -1.76. The van der Waals surface area contributed by atoms with Crippen LogP contribution in [0.25, 0.3) is 0 Å². The summed E-state index contributed by atoms with van der Waals surface area (Å²) >= 11 is 0. The van der Waals surface area contributed by atoms with Gasteiger partial charge in [-0.3, -0.25) is 0 Å². The van der Waals surface area contributed by atoms with Crippen molar-refractivity contribution in [3.8, 4) is 5.75 Å². The van der Waals surface area contributed by atoms with Crippen molar-refractivity contribution < 1.29 is 4.74 Å². The standard InChI is InChI=1S/C16H18O/c1-12-10-16(17-3)13(2)9-15(12)11-14-7-5-4-6-8-14/h4-10H,11H2,1-3H3. The molecule has 0 saturated heterocycles. The molecule has 0 fully saturated rings. The normalized spacial score (nSPS) is 10.3. The third kappa shape index (κ3) is 2.68. The van der Waals surface area contributed by atoms with E-state index in [1.165, 1.54) is 22.3 Å². The molecule has 0 aliphatic heterocycles. The summed E-state index contributed by atoms with van der Waals surface area (Å²) in [4.78, 5) is 0. The van der Waals surface area contributed by atoms with Crippen molar-refractivity contribution >= 4 is 0 Å². The molecule has 0 heterocycles. The quantitative estimate of drug-likeness (QED) is 0.771. The van der Waals surface area contributed by atoms with E-state index in [1.54, 1.807) is 7.11 Å². The molecule has 2 aromatic carbocycles. The van der Waals surface area contributed by atoms with E-state index in [0.29, 0.717) is 0 Å². The molecule has 2 rings (SSSR count). The van der Waals surface area contributed by atoms with E-state index in [1.807, 2.05) is 0 Å². The predicted molar refractivity (Wildman–Crippen MR) is 71.7 cm³/mol. The van der Waals surface area contributed by atoms with Crippen molar-refractivity contribution in [2.75, 3.05) is 7.11 Å². The number of rotatable bonds is 3. The number of hydrogen-bond donors (Lipinski definition) is 0. The van der Waals surface area contributed by atoms with Gasteiger partial charge in [0.2, 0.25) is 0 Å². The van der Waals surface area contributed by atoms with Crippen LogP contribution in [-0.4, -0.2) is 7.11 Å². The molecule has 1 nitrogen and oxygen atoms in total. The van der Waals surface area contributed by atoms with E-state index in [4.69, 9.17) is 4.74 Å². The second kappa shape index (κ2) is 5.05. The van der Waals surface area contributed by atoms with Crippen LogP contribution in [0, 0.1) is 13.8 Å². The van der Waals surface area contributed by atoms with Crippen molar-refractivity contribution in [3.05, 3.63) is 64.7 Å². The first-order valence-corrected chi connectivity index (χ1v) is 5.88. The van der Waals surface area contributed by atoms with Crippen LogP contribution in [0.5, 0.6) is 5.75 Å². The number of methoxy groups -OCH3 is 1. The van der Waals surface area contributed by atoms with Gasteiger partial charge in [-0.25, -0.2) is 0 Å². The van der Waals surface area contributed by atoms with E-state index in [2.05, 4.69) is 56.3 Å². The highest BCUT2D eigenvalue weighted by molar-refractivity contribution is 5.43. The fourth-order valence-electron chi connectivity index (χ4n) is 2.08. The Morgan fingerprint density at radius 1 is 0.941 bits per heavy atom. The summed E-state index contributed by atoms with van der Waals surface area (Å²) in [6.45, 7) is 4.23. The molecule has 0 N–H and O–H groups in total. The zero-order valence-electron chi connectivity index (χ0n) is 10.7. The van der Waals surface area contributed by atoms with Crippen molar-refractivity contribution in [1.29, 1.82) is 0 Å². The first-order chi connectivity index (χ1) is 8.20. The molecule has 17 heavy (non-hydrogen) atoms. The topological polar surface area (TPSA) is 9.23 Å². The van der Waals surface area contributed by atoms with Crippen LogP contribution >= 0.6 is 0 Å². The Morgan fingerprint density at radius 3 is 2.29 bits per heavy atom. The van der Waals surface area contributed by atoms with Gasteiger partial charge in [-0.15, -0.1) is 0 Å². The Balaban J connectivity index is 2.31. The van der Waals surface area contributed by atoms with Gasteiger partial charge in [-0.1, -0.05) is 36.4 Å². The van der Waals surface area contributed by atoms with E-state index >= 15 is 0 Å². The minimum absolute atomic E-state index is 0.972. The average Bonchev–Trinajstić information content (AvgIpc) is 2.34. The maximum atomic E-state index is 5.33. The molecule has 0 unspecified atom stereocenters. The monoisotopic (exact) mass is 226 g/mol. The molecule has 0 saturated carbocycles. The molecule has 0 aliphatic carbocycles. The molecular formula is C16H18O. The molecule has 88 valence electrons. The number of benzene rings is 2. The summed E-state index contributed by atoms with van der Waals surface area (Å²) in [5.41, 5.74) is 5.20. The van der Waals surface area contributed by atoms with Gasteiger partial charge in [0, 0.05) is 0 Å². The van der Waals surface area contributed by atoms with Gasteiger partial charge < -0.3 is 4.74 Å². The maximum Gasteiger partial charge on any atom is 0.122 e. The van der Waals surface area contributed by atoms with Gasteiger partial charge in [0.15, 0.2) is 0 Å². The van der Waals surface area contributed by atoms with Crippen molar-refractivity contribution in [2.24, 2.45) is 0 Å². The van der Waals surface area contributed by atoms with Gasteiger partial charge in [0.25, 0.3) is 0 Å². The van der Waals surface area contributed by atoms with Gasteiger partial charge in [0.05, 0.1) is 7.11 Å². The van der Waals surface area contributed by atoms with Crippen LogP contribution in [0.2, 0.25) is 0 Å². The summed E-state index contributed by atoms with van der Waals surface area (Å²) in [6, 6.07) is 14.9. The van der Waals surface area contributed by atoms with Crippen LogP contribution in [0.15, 0.2) is 42.5 Å². The van der Waals surface area contributed by atoms with Gasteiger partial charge in [-0.05, 0) is 48.6 Å². The smallest absolute Gasteiger partial charge is 0.122 e. The molecule has 0 aliphatic rings. The third-order valence-corrected chi connectivity index (χ3v) is 3.09. The first-order valence-electron chi connectivity index (χ1n) is 5.88. The lowest BCUT2D eigenvalue weighted by atomic mass is 9.98. The molecule has 0 radical (unpaired) electrons. The van der Waals surface area contributed by atoms with E-state index in [-0.39, 0.29) is 0 Å². The second-order valence-electron chi connectivity index (χ2n) is 4.41. The zero-order valence-corrected chi connectivity index (χ0v) is 10.7. The van der Waals surface area contributed by atoms with Gasteiger partial charge in [0.1, 0.15) is 5.75 Å². The highest BCUT2D eigenvalue weighted by Gasteiger charge is 2.05. The number of aryl methyl sites for hydroxylation is 2. The summed E-state index contributed by atoms with van der Waals surface area (Å²) in [5, 5.41) is 0. The van der Waals surface area contributed by atoms with E-state index in [0.717, 1.165) is 12.2 Å².